The summed E-state index contributed by atoms with van der Waals surface area (Å²) in [5.74, 6) is -1.33. The highest BCUT2D eigenvalue weighted by atomic mass is 35.5. The van der Waals surface area contributed by atoms with Gasteiger partial charge in [0.05, 0.1) is 28.7 Å². The monoisotopic (exact) mass is 442 g/mol. The Morgan fingerprint density at radius 1 is 1.21 bits per heavy atom. The number of halogens is 1. The van der Waals surface area contributed by atoms with Gasteiger partial charge in [0, 0.05) is 26.2 Å². The maximum Gasteiger partial charge on any atom is 0.340 e. The first-order valence-corrected chi connectivity index (χ1v) is 10.7. The maximum atomic E-state index is 12.8. The number of sulfonamides is 1. The summed E-state index contributed by atoms with van der Waals surface area (Å²) in [6, 6.07) is 3.80. The van der Waals surface area contributed by atoms with Crippen molar-refractivity contribution in [1.82, 2.24) is 9.21 Å². The Bertz CT molecular complexity index is 871. The van der Waals surface area contributed by atoms with Crippen molar-refractivity contribution in [3.63, 3.8) is 0 Å². The summed E-state index contributed by atoms with van der Waals surface area (Å²) in [6.45, 7) is 8.22. The first kappa shape index (κ1) is 23.1. The molecule has 1 aliphatic rings. The fraction of sp³-hybridized carbons (Fsp3) is 0.368. The third kappa shape index (κ3) is 5.89. The van der Waals surface area contributed by atoms with Gasteiger partial charge in [-0.15, -0.1) is 13.2 Å². The van der Waals surface area contributed by atoms with Gasteiger partial charge in [0.15, 0.2) is 6.61 Å². The number of carbonyl (C=O) groups excluding carboxylic acids is 2. The summed E-state index contributed by atoms with van der Waals surface area (Å²) in [6.07, 6.45) is 3.08. The fourth-order valence-corrected chi connectivity index (χ4v) is 4.27. The Hall–Kier alpha value is -2.20. The van der Waals surface area contributed by atoms with Crippen LogP contribution in [0, 0.1) is 0 Å². The molecule has 1 fully saturated rings. The van der Waals surface area contributed by atoms with Crippen molar-refractivity contribution in [1.29, 1.82) is 0 Å². The highest BCUT2D eigenvalue weighted by Gasteiger charge is 2.28. The van der Waals surface area contributed by atoms with E-state index in [2.05, 4.69) is 13.2 Å². The van der Waals surface area contributed by atoms with Crippen LogP contribution in [0.5, 0.6) is 0 Å². The average Bonchev–Trinajstić information content (AvgIpc) is 2.72. The molecule has 10 heteroatoms. The van der Waals surface area contributed by atoms with Crippen LogP contribution >= 0.6 is 11.6 Å². The first-order chi connectivity index (χ1) is 13.8. The second-order valence-corrected chi connectivity index (χ2v) is 8.46. The smallest absolute Gasteiger partial charge is 0.340 e. The van der Waals surface area contributed by atoms with Gasteiger partial charge in [-0.25, -0.2) is 13.2 Å². The summed E-state index contributed by atoms with van der Waals surface area (Å²) in [5.41, 5.74) is -0.132. The zero-order valence-corrected chi connectivity index (χ0v) is 17.5. The van der Waals surface area contributed by atoms with Crippen LogP contribution in [-0.2, 0) is 24.3 Å². The van der Waals surface area contributed by atoms with Crippen molar-refractivity contribution in [2.75, 3.05) is 46.0 Å². The number of carbonyl (C=O) groups is 2. The number of amides is 1. The summed E-state index contributed by atoms with van der Waals surface area (Å²) in [4.78, 5) is 25.9. The molecule has 0 aromatic heterocycles. The Kier molecular flexibility index (Phi) is 8.39. The Balaban J connectivity index is 2.14. The molecule has 0 bridgehead atoms. The third-order valence-corrected chi connectivity index (χ3v) is 6.37. The molecular weight excluding hydrogens is 420 g/mol. The minimum Gasteiger partial charge on any atom is -0.452 e. The maximum absolute atomic E-state index is 12.8. The number of morpholine rings is 1. The van der Waals surface area contributed by atoms with E-state index in [4.69, 9.17) is 21.1 Å². The topological polar surface area (TPSA) is 93.2 Å². The second-order valence-electron chi connectivity index (χ2n) is 6.11. The Morgan fingerprint density at radius 3 is 2.41 bits per heavy atom. The van der Waals surface area contributed by atoms with Crippen molar-refractivity contribution >= 4 is 33.5 Å². The molecule has 1 heterocycles. The van der Waals surface area contributed by atoms with E-state index in [1.165, 1.54) is 21.3 Å². The molecule has 2 rings (SSSR count). The number of esters is 1. The summed E-state index contributed by atoms with van der Waals surface area (Å²) < 4.78 is 37.0. The van der Waals surface area contributed by atoms with Crippen LogP contribution in [0.25, 0.3) is 0 Å². The van der Waals surface area contributed by atoms with Crippen LogP contribution in [-0.4, -0.2) is 75.5 Å². The van der Waals surface area contributed by atoms with Crippen molar-refractivity contribution in [2.24, 2.45) is 0 Å². The molecule has 0 aliphatic carbocycles. The Morgan fingerprint density at radius 2 is 1.83 bits per heavy atom. The molecule has 1 aromatic carbocycles. The van der Waals surface area contributed by atoms with Gasteiger partial charge in [0.1, 0.15) is 0 Å². The van der Waals surface area contributed by atoms with E-state index in [0.29, 0.717) is 13.2 Å². The number of benzene rings is 1. The van der Waals surface area contributed by atoms with Crippen LogP contribution in [0.3, 0.4) is 0 Å². The molecule has 158 valence electrons. The average molecular weight is 443 g/mol. The van der Waals surface area contributed by atoms with Crippen LogP contribution in [0.15, 0.2) is 48.4 Å². The van der Waals surface area contributed by atoms with E-state index < -0.39 is 28.5 Å². The van der Waals surface area contributed by atoms with Gasteiger partial charge in [-0.3, -0.25) is 4.79 Å². The molecule has 0 radical (unpaired) electrons. The third-order valence-electron chi connectivity index (χ3n) is 4.14. The number of nitrogens with zero attached hydrogens (tertiary/aromatic N) is 2. The fourth-order valence-electron chi connectivity index (χ4n) is 2.64. The lowest BCUT2D eigenvalue weighted by Gasteiger charge is -2.26. The van der Waals surface area contributed by atoms with Gasteiger partial charge in [-0.1, -0.05) is 23.8 Å². The molecule has 1 aromatic rings. The quantitative estimate of drug-likeness (QED) is 0.427. The van der Waals surface area contributed by atoms with E-state index in [0.717, 1.165) is 6.07 Å². The van der Waals surface area contributed by atoms with E-state index in [-0.39, 0.29) is 41.7 Å². The molecule has 0 unspecified atom stereocenters. The van der Waals surface area contributed by atoms with Gasteiger partial charge in [0.2, 0.25) is 10.0 Å². The summed E-state index contributed by atoms with van der Waals surface area (Å²) in [5, 5.41) is 0.0254. The van der Waals surface area contributed by atoms with E-state index in [1.54, 1.807) is 12.2 Å². The van der Waals surface area contributed by atoms with Crippen LogP contribution in [0.4, 0.5) is 0 Å². The van der Waals surface area contributed by atoms with Crippen LogP contribution < -0.4 is 0 Å². The number of ether oxygens (including phenoxy) is 2. The highest BCUT2D eigenvalue weighted by Crippen LogP contribution is 2.24. The molecule has 1 saturated heterocycles. The molecular formula is C19H23ClN2O6S. The molecule has 0 atom stereocenters. The molecule has 0 spiro atoms. The minimum atomic E-state index is -3.80. The summed E-state index contributed by atoms with van der Waals surface area (Å²) >= 11 is 6.05. The van der Waals surface area contributed by atoms with E-state index >= 15 is 0 Å². The Labute approximate surface area is 175 Å². The predicted octanol–water partition coefficient (Wildman–Crippen LogP) is 1.72. The van der Waals surface area contributed by atoms with Crippen LogP contribution in [0.1, 0.15) is 10.4 Å². The van der Waals surface area contributed by atoms with Gasteiger partial charge in [0.25, 0.3) is 5.91 Å². The van der Waals surface area contributed by atoms with Crippen molar-refractivity contribution in [2.45, 2.75) is 4.90 Å². The van der Waals surface area contributed by atoms with E-state index in [1.807, 2.05) is 0 Å². The zero-order chi connectivity index (χ0) is 21.4. The number of hydrogen-bond acceptors (Lipinski definition) is 6. The van der Waals surface area contributed by atoms with Gasteiger partial charge in [-0.2, -0.15) is 4.31 Å². The largest absolute Gasteiger partial charge is 0.452 e. The highest BCUT2D eigenvalue weighted by molar-refractivity contribution is 7.89. The normalized spacial score (nSPS) is 14.8. The second kappa shape index (κ2) is 10.5. The molecule has 1 aliphatic heterocycles. The van der Waals surface area contributed by atoms with Gasteiger partial charge < -0.3 is 14.4 Å². The lowest BCUT2D eigenvalue weighted by molar-refractivity contribution is -0.133. The zero-order valence-electron chi connectivity index (χ0n) is 15.9. The molecule has 0 saturated carbocycles. The molecule has 8 nitrogen and oxygen atoms in total. The van der Waals surface area contributed by atoms with Gasteiger partial charge in [-0.05, 0) is 18.2 Å². The van der Waals surface area contributed by atoms with Crippen molar-refractivity contribution in [3.8, 4) is 0 Å². The number of rotatable bonds is 9. The van der Waals surface area contributed by atoms with Gasteiger partial charge >= 0.3 is 5.97 Å². The van der Waals surface area contributed by atoms with Crippen LogP contribution in [0.2, 0.25) is 5.02 Å². The SMILES string of the molecule is C=CCN(CC=C)C(=O)COC(=O)c1cc(S(=O)(=O)N2CCOCC2)ccc1Cl. The van der Waals surface area contributed by atoms with Crippen molar-refractivity contribution in [3.05, 3.63) is 54.1 Å². The standard InChI is InChI=1S/C19H23ClN2O6S/c1-3-7-21(8-4-2)18(23)14-28-19(24)16-13-15(5-6-17(16)20)29(25,26)22-9-11-27-12-10-22/h3-6,13H,1-2,7-12,14H2. The van der Waals surface area contributed by atoms with Crippen molar-refractivity contribution < 1.29 is 27.5 Å². The summed E-state index contributed by atoms with van der Waals surface area (Å²) in [7, 11) is -3.80. The minimum absolute atomic E-state index is 0.0254. The number of hydrogen-bond donors (Lipinski definition) is 0. The predicted molar refractivity (Wildman–Crippen MR) is 108 cm³/mol. The molecule has 29 heavy (non-hydrogen) atoms. The lowest BCUT2D eigenvalue weighted by atomic mass is 10.2. The first-order valence-electron chi connectivity index (χ1n) is 8.85. The van der Waals surface area contributed by atoms with E-state index in [9.17, 15) is 18.0 Å². The lowest BCUT2D eigenvalue weighted by Crippen LogP contribution is -2.40. The molecule has 0 N–H and O–H groups in total. The molecule has 1 amide bonds.